The average Bonchev–Trinajstić information content (AvgIpc) is 2.95. The molecule has 3 saturated heterocycles. The number of pyridine rings is 1. The number of aryl methyl sites for hydroxylation is 1. The van der Waals surface area contributed by atoms with E-state index in [2.05, 4.69) is 39.9 Å². The molecule has 1 aromatic heterocycles. The van der Waals surface area contributed by atoms with E-state index in [9.17, 15) is 4.79 Å². The number of hydrogen-bond donors (Lipinski definition) is 0. The first kappa shape index (κ1) is 17.2. The normalized spacial score (nSPS) is 23.0. The number of nitrogens with zero attached hydrogens (tertiary/aromatic N) is 3. The van der Waals surface area contributed by atoms with Gasteiger partial charge in [-0.25, -0.2) is 0 Å². The molecule has 1 aromatic carbocycles. The molecule has 2 bridgehead atoms. The summed E-state index contributed by atoms with van der Waals surface area (Å²) in [4.78, 5) is 21.9. The number of carbonyl (C=O) groups excluding carboxylic acids is 1. The highest BCUT2D eigenvalue weighted by molar-refractivity contribution is 5.79. The fraction of sp³-hybridized carbons (Fsp3) is 0.455. The molecule has 0 unspecified atom stereocenters. The summed E-state index contributed by atoms with van der Waals surface area (Å²) in [6.07, 6.45) is 6.67. The highest BCUT2D eigenvalue weighted by Gasteiger charge is 2.36. The monoisotopic (exact) mass is 349 g/mol. The molecule has 1 amide bonds. The van der Waals surface area contributed by atoms with E-state index in [4.69, 9.17) is 0 Å². The standard InChI is InChI=1S/C22H27N3O/c1-17-5-2-3-7-20(17)11-22(26)25-15-19-8-9-21(25)16-24(14-19)13-18-6-4-10-23-12-18/h2-7,10,12,19,21H,8-9,11,13-16H2,1H3/t19-,21+/m0/s1. The first-order valence-electron chi connectivity index (χ1n) is 9.64. The van der Waals surface area contributed by atoms with Gasteiger partial charge in [0.2, 0.25) is 5.91 Å². The topological polar surface area (TPSA) is 36.4 Å². The minimum absolute atomic E-state index is 0.289. The van der Waals surface area contributed by atoms with Crippen molar-refractivity contribution in [2.75, 3.05) is 19.6 Å². The maximum atomic E-state index is 13.0. The maximum absolute atomic E-state index is 13.0. The van der Waals surface area contributed by atoms with Crippen molar-refractivity contribution >= 4 is 5.91 Å². The number of rotatable bonds is 4. The van der Waals surface area contributed by atoms with Crippen LogP contribution in [0.25, 0.3) is 0 Å². The van der Waals surface area contributed by atoms with Crippen molar-refractivity contribution < 1.29 is 4.79 Å². The van der Waals surface area contributed by atoms with Crippen LogP contribution < -0.4 is 0 Å². The second-order valence-electron chi connectivity index (χ2n) is 7.80. The molecule has 3 aliphatic heterocycles. The third-order valence-electron chi connectivity index (χ3n) is 5.84. The van der Waals surface area contributed by atoms with E-state index in [-0.39, 0.29) is 5.91 Å². The summed E-state index contributed by atoms with van der Waals surface area (Å²) in [6.45, 7) is 6.00. The van der Waals surface area contributed by atoms with E-state index >= 15 is 0 Å². The number of aromatic nitrogens is 1. The van der Waals surface area contributed by atoms with Crippen LogP contribution in [0.5, 0.6) is 0 Å². The summed E-state index contributed by atoms with van der Waals surface area (Å²) in [6, 6.07) is 12.7. The molecule has 2 aromatic rings. The molecule has 2 atom stereocenters. The van der Waals surface area contributed by atoms with Gasteiger partial charge in [0, 0.05) is 44.6 Å². The largest absolute Gasteiger partial charge is 0.338 e. The van der Waals surface area contributed by atoms with Crippen molar-refractivity contribution in [1.82, 2.24) is 14.8 Å². The van der Waals surface area contributed by atoms with E-state index < -0.39 is 0 Å². The van der Waals surface area contributed by atoms with Gasteiger partial charge in [0.1, 0.15) is 0 Å². The fourth-order valence-electron chi connectivity index (χ4n) is 4.44. The number of fused-ring (bicyclic) bond motifs is 4. The minimum atomic E-state index is 0.289. The Kier molecular flexibility index (Phi) is 5.02. The summed E-state index contributed by atoms with van der Waals surface area (Å²) in [5.41, 5.74) is 3.62. The predicted octanol–water partition coefficient (Wildman–Crippen LogP) is 3.06. The molecule has 0 aliphatic carbocycles. The number of benzene rings is 1. The molecule has 4 nitrogen and oxygen atoms in total. The molecule has 0 radical (unpaired) electrons. The van der Waals surface area contributed by atoms with Gasteiger partial charge in [-0.15, -0.1) is 0 Å². The molecular formula is C22H27N3O. The van der Waals surface area contributed by atoms with E-state index in [0.29, 0.717) is 18.4 Å². The molecule has 3 fully saturated rings. The maximum Gasteiger partial charge on any atom is 0.227 e. The Morgan fingerprint density at radius 3 is 2.81 bits per heavy atom. The number of amides is 1. The molecule has 0 spiro atoms. The van der Waals surface area contributed by atoms with E-state index in [1.807, 2.05) is 30.6 Å². The number of hydrogen-bond acceptors (Lipinski definition) is 3. The van der Waals surface area contributed by atoms with E-state index in [0.717, 1.165) is 38.2 Å². The summed E-state index contributed by atoms with van der Waals surface area (Å²) < 4.78 is 0. The zero-order valence-electron chi connectivity index (χ0n) is 15.5. The molecule has 4 heteroatoms. The van der Waals surface area contributed by atoms with Crippen molar-refractivity contribution in [3.8, 4) is 0 Å². The average molecular weight is 349 g/mol. The highest BCUT2D eigenvalue weighted by Crippen LogP contribution is 2.29. The molecule has 4 heterocycles. The Morgan fingerprint density at radius 2 is 2.00 bits per heavy atom. The lowest BCUT2D eigenvalue weighted by Gasteiger charge is -2.36. The lowest BCUT2D eigenvalue weighted by molar-refractivity contribution is -0.134. The van der Waals surface area contributed by atoms with Gasteiger partial charge < -0.3 is 4.90 Å². The van der Waals surface area contributed by atoms with E-state index in [1.165, 1.54) is 17.5 Å². The molecule has 0 saturated carbocycles. The van der Waals surface area contributed by atoms with Crippen LogP contribution in [-0.4, -0.2) is 46.4 Å². The molecular weight excluding hydrogens is 322 g/mol. The van der Waals surface area contributed by atoms with E-state index in [1.54, 1.807) is 0 Å². The van der Waals surface area contributed by atoms with Crippen molar-refractivity contribution in [3.05, 3.63) is 65.5 Å². The van der Waals surface area contributed by atoms with Crippen LogP contribution in [0, 0.1) is 12.8 Å². The zero-order chi connectivity index (χ0) is 17.9. The van der Waals surface area contributed by atoms with Gasteiger partial charge in [-0.1, -0.05) is 30.3 Å². The highest BCUT2D eigenvalue weighted by atomic mass is 16.2. The first-order chi connectivity index (χ1) is 12.7. The van der Waals surface area contributed by atoms with Gasteiger partial charge >= 0.3 is 0 Å². The Morgan fingerprint density at radius 1 is 1.12 bits per heavy atom. The Balaban J connectivity index is 1.44. The van der Waals surface area contributed by atoms with Crippen LogP contribution in [0.15, 0.2) is 48.8 Å². The van der Waals surface area contributed by atoms with Crippen LogP contribution >= 0.6 is 0 Å². The van der Waals surface area contributed by atoms with Gasteiger partial charge in [0.15, 0.2) is 0 Å². The fourth-order valence-corrected chi connectivity index (χ4v) is 4.44. The van der Waals surface area contributed by atoms with Crippen molar-refractivity contribution in [2.24, 2.45) is 5.92 Å². The smallest absolute Gasteiger partial charge is 0.227 e. The lowest BCUT2D eigenvalue weighted by Crippen LogP contribution is -2.48. The van der Waals surface area contributed by atoms with Crippen molar-refractivity contribution in [2.45, 2.75) is 38.8 Å². The Labute approximate surface area is 155 Å². The Bertz CT molecular complexity index is 761. The summed E-state index contributed by atoms with van der Waals surface area (Å²) in [7, 11) is 0. The van der Waals surface area contributed by atoms with Gasteiger partial charge in [-0.3, -0.25) is 14.7 Å². The zero-order valence-corrected chi connectivity index (χ0v) is 15.5. The molecule has 5 rings (SSSR count). The third kappa shape index (κ3) is 3.80. The van der Waals surface area contributed by atoms with Crippen molar-refractivity contribution in [3.63, 3.8) is 0 Å². The quantitative estimate of drug-likeness (QED) is 0.851. The SMILES string of the molecule is Cc1ccccc1CC(=O)N1C[C@H]2CC[C@@H]1CN(Cc1cccnc1)C2. The van der Waals surface area contributed by atoms with Crippen molar-refractivity contribution in [1.29, 1.82) is 0 Å². The molecule has 0 N–H and O–H groups in total. The second-order valence-corrected chi connectivity index (χ2v) is 7.80. The number of piperidine rings is 1. The summed E-state index contributed by atoms with van der Waals surface area (Å²) >= 11 is 0. The molecule has 26 heavy (non-hydrogen) atoms. The molecule has 136 valence electrons. The van der Waals surface area contributed by atoms with Crippen LogP contribution in [0.4, 0.5) is 0 Å². The van der Waals surface area contributed by atoms with Gasteiger partial charge in [-0.2, -0.15) is 0 Å². The van der Waals surface area contributed by atoms with Crippen LogP contribution in [0.1, 0.15) is 29.5 Å². The Hall–Kier alpha value is -2.20. The first-order valence-corrected chi connectivity index (χ1v) is 9.64. The predicted molar refractivity (Wildman–Crippen MR) is 103 cm³/mol. The van der Waals surface area contributed by atoms with Crippen LogP contribution in [0.2, 0.25) is 0 Å². The molecule has 3 aliphatic rings. The number of carbonyl (C=O) groups is 1. The lowest BCUT2D eigenvalue weighted by atomic mass is 9.94. The van der Waals surface area contributed by atoms with Crippen LogP contribution in [-0.2, 0) is 17.8 Å². The second kappa shape index (κ2) is 7.58. The minimum Gasteiger partial charge on any atom is -0.338 e. The van der Waals surface area contributed by atoms with Gasteiger partial charge in [0.05, 0.1) is 6.42 Å². The van der Waals surface area contributed by atoms with Gasteiger partial charge in [-0.05, 0) is 48.4 Å². The third-order valence-corrected chi connectivity index (χ3v) is 5.84. The summed E-state index contributed by atoms with van der Waals surface area (Å²) in [5, 5.41) is 0. The van der Waals surface area contributed by atoms with Crippen LogP contribution in [0.3, 0.4) is 0 Å². The van der Waals surface area contributed by atoms with Gasteiger partial charge in [0.25, 0.3) is 0 Å². The summed E-state index contributed by atoms with van der Waals surface area (Å²) in [5.74, 6) is 0.878.